The second-order valence-corrected chi connectivity index (χ2v) is 7.76. The van der Waals surface area contributed by atoms with Gasteiger partial charge >= 0.3 is 0 Å². The molecule has 0 saturated carbocycles. The molecule has 0 atom stereocenters. The molecule has 0 aliphatic carbocycles. The Morgan fingerprint density at radius 2 is 1.89 bits per heavy atom. The number of thiazole rings is 1. The molecule has 2 N–H and O–H groups in total. The van der Waals surface area contributed by atoms with E-state index in [9.17, 15) is 0 Å². The highest BCUT2D eigenvalue weighted by Crippen LogP contribution is 2.19. The van der Waals surface area contributed by atoms with Gasteiger partial charge in [0.1, 0.15) is 0 Å². The minimum absolute atomic E-state index is 0.495. The summed E-state index contributed by atoms with van der Waals surface area (Å²) in [4.78, 5) is 8.97. The van der Waals surface area contributed by atoms with Gasteiger partial charge in [0, 0.05) is 50.2 Å². The second-order valence-electron chi connectivity index (χ2n) is 6.87. The molecular formula is C21H28N6S. The second kappa shape index (κ2) is 10.0. The van der Waals surface area contributed by atoms with Crippen molar-refractivity contribution in [2.45, 2.75) is 32.6 Å². The summed E-state index contributed by atoms with van der Waals surface area (Å²) in [6, 6.07) is 10.4. The summed E-state index contributed by atoms with van der Waals surface area (Å²) < 4.78 is 1.86. The highest BCUT2D eigenvalue weighted by Gasteiger charge is 2.06. The molecule has 6 nitrogen and oxygen atoms in total. The number of hydrogen-bond acceptors (Lipinski definition) is 4. The Morgan fingerprint density at radius 1 is 1.14 bits per heavy atom. The third-order valence-corrected chi connectivity index (χ3v) is 5.57. The fourth-order valence-corrected chi connectivity index (χ4v) is 3.66. The largest absolute Gasteiger partial charge is 0.356 e. The quantitative estimate of drug-likeness (QED) is 0.452. The van der Waals surface area contributed by atoms with Crippen LogP contribution in [0.1, 0.15) is 36.0 Å². The van der Waals surface area contributed by atoms with Gasteiger partial charge in [-0.25, -0.2) is 9.67 Å². The van der Waals surface area contributed by atoms with Crippen molar-refractivity contribution in [2.75, 3.05) is 20.1 Å². The van der Waals surface area contributed by atoms with E-state index in [2.05, 4.69) is 69.2 Å². The Hall–Kier alpha value is -2.67. The monoisotopic (exact) mass is 396 g/mol. The van der Waals surface area contributed by atoms with E-state index in [4.69, 9.17) is 0 Å². The van der Waals surface area contributed by atoms with Crippen molar-refractivity contribution in [3.63, 3.8) is 0 Å². The molecule has 0 amide bonds. The van der Waals surface area contributed by atoms with Crippen molar-refractivity contribution < 1.29 is 0 Å². The molecule has 0 bridgehead atoms. The van der Waals surface area contributed by atoms with Crippen LogP contribution in [0.5, 0.6) is 0 Å². The highest BCUT2D eigenvalue weighted by atomic mass is 32.1. The van der Waals surface area contributed by atoms with Crippen LogP contribution in [0.3, 0.4) is 0 Å². The zero-order chi connectivity index (χ0) is 19.8. The summed E-state index contributed by atoms with van der Waals surface area (Å²) >= 11 is 1.74. The third kappa shape index (κ3) is 5.66. The number of benzene rings is 1. The number of aromatic nitrogens is 3. The Bertz CT molecular complexity index is 865. The number of aliphatic imine (C=N–C) groups is 1. The van der Waals surface area contributed by atoms with Crippen LogP contribution in [-0.2, 0) is 12.8 Å². The van der Waals surface area contributed by atoms with Gasteiger partial charge in [0.15, 0.2) is 5.96 Å². The smallest absolute Gasteiger partial charge is 0.190 e. The molecule has 2 heterocycles. The molecular weight excluding hydrogens is 368 g/mol. The van der Waals surface area contributed by atoms with E-state index in [0.717, 1.165) is 43.3 Å². The number of nitrogens with one attached hydrogen (secondary N) is 2. The lowest BCUT2D eigenvalue weighted by Crippen LogP contribution is -2.39. The van der Waals surface area contributed by atoms with E-state index < -0.39 is 0 Å². The van der Waals surface area contributed by atoms with Crippen molar-refractivity contribution in [1.82, 2.24) is 25.4 Å². The van der Waals surface area contributed by atoms with Gasteiger partial charge in [0.2, 0.25) is 0 Å². The minimum atomic E-state index is 0.495. The number of nitrogens with zero attached hydrogens (tertiary/aromatic N) is 4. The maximum Gasteiger partial charge on any atom is 0.190 e. The van der Waals surface area contributed by atoms with Crippen molar-refractivity contribution >= 4 is 17.3 Å². The first-order valence-corrected chi connectivity index (χ1v) is 10.5. The summed E-state index contributed by atoms with van der Waals surface area (Å²) in [5.74, 6) is 1.32. The molecule has 28 heavy (non-hydrogen) atoms. The van der Waals surface area contributed by atoms with Crippen LogP contribution < -0.4 is 10.6 Å². The zero-order valence-corrected chi connectivity index (χ0v) is 17.5. The summed E-state index contributed by atoms with van der Waals surface area (Å²) in [5, 5.41) is 14.3. The average Bonchev–Trinajstić information content (AvgIpc) is 3.39. The number of hydrogen-bond donors (Lipinski definition) is 2. The van der Waals surface area contributed by atoms with E-state index in [-0.39, 0.29) is 0 Å². The van der Waals surface area contributed by atoms with Crippen LogP contribution in [0, 0.1) is 0 Å². The molecule has 0 spiro atoms. The van der Waals surface area contributed by atoms with Crippen LogP contribution in [0.2, 0.25) is 0 Å². The fraction of sp³-hybridized carbons (Fsp3) is 0.381. The maximum absolute atomic E-state index is 4.67. The molecule has 0 radical (unpaired) electrons. The molecule has 3 aromatic rings. The number of guanidine groups is 1. The van der Waals surface area contributed by atoms with Gasteiger partial charge < -0.3 is 10.6 Å². The Morgan fingerprint density at radius 3 is 2.50 bits per heavy atom. The molecule has 1 aromatic carbocycles. The first kappa shape index (κ1) is 20.1. The van der Waals surface area contributed by atoms with Gasteiger partial charge in [-0.1, -0.05) is 26.0 Å². The topological polar surface area (TPSA) is 67.1 Å². The summed E-state index contributed by atoms with van der Waals surface area (Å²) in [6.07, 6.45) is 5.57. The molecule has 0 aliphatic heterocycles. The summed E-state index contributed by atoms with van der Waals surface area (Å²) in [6.45, 7) is 6.00. The molecule has 2 aromatic heterocycles. The van der Waals surface area contributed by atoms with Gasteiger partial charge in [-0.05, 0) is 30.2 Å². The van der Waals surface area contributed by atoms with E-state index in [1.807, 2.05) is 16.9 Å². The van der Waals surface area contributed by atoms with Crippen molar-refractivity contribution in [2.24, 2.45) is 4.99 Å². The third-order valence-electron chi connectivity index (χ3n) is 4.37. The number of rotatable bonds is 8. The zero-order valence-electron chi connectivity index (χ0n) is 16.7. The molecule has 0 saturated heterocycles. The maximum atomic E-state index is 4.67. The van der Waals surface area contributed by atoms with Crippen LogP contribution >= 0.6 is 11.3 Å². The fourth-order valence-electron chi connectivity index (χ4n) is 2.79. The Kier molecular flexibility index (Phi) is 7.19. The minimum Gasteiger partial charge on any atom is -0.356 e. The van der Waals surface area contributed by atoms with E-state index in [1.165, 1.54) is 10.6 Å². The van der Waals surface area contributed by atoms with Crippen LogP contribution in [0.15, 0.2) is 53.1 Å². The van der Waals surface area contributed by atoms with E-state index in [0.29, 0.717) is 5.92 Å². The van der Waals surface area contributed by atoms with Crippen LogP contribution in [-0.4, -0.2) is 40.9 Å². The Balaban J connectivity index is 1.39. The highest BCUT2D eigenvalue weighted by molar-refractivity contribution is 7.09. The van der Waals surface area contributed by atoms with Gasteiger partial charge in [0.05, 0.1) is 16.4 Å². The van der Waals surface area contributed by atoms with Gasteiger partial charge in [-0.3, -0.25) is 4.99 Å². The molecule has 7 heteroatoms. The predicted octanol–water partition coefficient (Wildman–Crippen LogP) is 3.40. The lowest BCUT2D eigenvalue weighted by molar-refractivity contribution is 0.771. The van der Waals surface area contributed by atoms with Gasteiger partial charge in [-0.15, -0.1) is 11.3 Å². The van der Waals surface area contributed by atoms with Gasteiger partial charge in [0.25, 0.3) is 0 Å². The first-order chi connectivity index (χ1) is 13.7. The standard InChI is InChI=1S/C21H28N6S/c1-16(2)20-26-18(15-28-20)10-13-24-21(22-3)23-12-9-17-5-7-19(8-6-17)27-14-4-11-25-27/h4-8,11,14-16H,9-10,12-13H2,1-3H3,(H2,22,23,24). The van der Waals surface area contributed by atoms with Crippen LogP contribution in [0.25, 0.3) is 5.69 Å². The molecule has 3 rings (SSSR count). The lowest BCUT2D eigenvalue weighted by Gasteiger charge is -2.11. The average molecular weight is 397 g/mol. The molecule has 0 fully saturated rings. The summed E-state index contributed by atoms with van der Waals surface area (Å²) in [7, 11) is 1.80. The van der Waals surface area contributed by atoms with Crippen molar-refractivity contribution in [3.05, 3.63) is 64.4 Å². The Labute approximate surface area is 170 Å². The normalized spacial score (nSPS) is 11.8. The van der Waals surface area contributed by atoms with Crippen molar-refractivity contribution in [3.8, 4) is 5.69 Å². The molecule has 0 aliphatic rings. The van der Waals surface area contributed by atoms with E-state index in [1.54, 1.807) is 24.6 Å². The lowest BCUT2D eigenvalue weighted by atomic mass is 10.1. The first-order valence-electron chi connectivity index (χ1n) is 9.63. The summed E-state index contributed by atoms with van der Waals surface area (Å²) in [5.41, 5.74) is 3.50. The SMILES string of the molecule is CN=C(NCCc1ccc(-n2cccn2)cc1)NCCc1csc(C(C)C)n1. The molecule has 148 valence electrons. The molecule has 0 unspecified atom stereocenters. The van der Waals surface area contributed by atoms with E-state index >= 15 is 0 Å². The van der Waals surface area contributed by atoms with Crippen molar-refractivity contribution in [1.29, 1.82) is 0 Å². The van der Waals surface area contributed by atoms with Gasteiger partial charge in [-0.2, -0.15) is 5.10 Å². The predicted molar refractivity (Wildman–Crippen MR) is 117 cm³/mol. The van der Waals surface area contributed by atoms with Crippen LogP contribution in [0.4, 0.5) is 0 Å².